The highest BCUT2D eigenvalue weighted by Crippen LogP contribution is 2.11. The van der Waals surface area contributed by atoms with E-state index in [1.54, 1.807) is 13.0 Å². The Bertz CT molecular complexity index is 500. The van der Waals surface area contributed by atoms with Crippen molar-refractivity contribution in [1.82, 2.24) is 19.8 Å². The summed E-state index contributed by atoms with van der Waals surface area (Å²) in [5.41, 5.74) is 0.737. The lowest BCUT2D eigenvalue weighted by molar-refractivity contribution is -0.156. The molecule has 1 aliphatic rings. The van der Waals surface area contributed by atoms with Gasteiger partial charge in [0.25, 0.3) is 0 Å². The van der Waals surface area contributed by atoms with Crippen LogP contribution in [0.25, 0.3) is 0 Å². The van der Waals surface area contributed by atoms with Crippen molar-refractivity contribution in [2.75, 3.05) is 19.6 Å². The van der Waals surface area contributed by atoms with Crippen LogP contribution < -0.4 is 0 Å². The molecule has 0 N–H and O–H groups in total. The van der Waals surface area contributed by atoms with Gasteiger partial charge < -0.3 is 9.80 Å². The summed E-state index contributed by atoms with van der Waals surface area (Å²) in [5, 5.41) is 0.341. The van der Waals surface area contributed by atoms with E-state index in [9.17, 15) is 9.59 Å². The first-order valence-electron chi connectivity index (χ1n) is 6.09. The number of carbonyl (C=O) groups is 2. The van der Waals surface area contributed by atoms with Gasteiger partial charge in [-0.05, 0) is 19.9 Å². The average Bonchev–Trinajstić information content (AvgIpc) is 2.34. The highest BCUT2D eigenvalue weighted by Gasteiger charge is 2.31. The summed E-state index contributed by atoms with van der Waals surface area (Å²) in [6.45, 7) is 5.45. The van der Waals surface area contributed by atoms with Crippen molar-refractivity contribution < 1.29 is 9.59 Å². The maximum absolute atomic E-state index is 11.9. The minimum Gasteiger partial charge on any atom is -0.333 e. The highest BCUT2D eigenvalue weighted by atomic mass is 35.5. The van der Waals surface area contributed by atoms with Gasteiger partial charge in [0.05, 0.1) is 6.54 Å². The zero-order valence-corrected chi connectivity index (χ0v) is 11.6. The number of carbonyl (C=O) groups excluding carboxylic acids is 2. The molecule has 0 aromatic carbocycles. The summed E-state index contributed by atoms with van der Waals surface area (Å²) in [7, 11) is 0. The van der Waals surface area contributed by atoms with Gasteiger partial charge in [0, 0.05) is 25.3 Å². The van der Waals surface area contributed by atoms with Crippen molar-refractivity contribution in [2.45, 2.75) is 20.4 Å². The van der Waals surface area contributed by atoms with Crippen molar-refractivity contribution in [2.24, 2.45) is 0 Å². The van der Waals surface area contributed by atoms with Crippen LogP contribution in [0.2, 0.25) is 5.15 Å². The van der Waals surface area contributed by atoms with Crippen LogP contribution >= 0.6 is 11.6 Å². The fourth-order valence-electron chi connectivity index (χ4n) is 2.00. The molecule has 102 valence electrons. The fourth-order valence-corrected chi connectivity index (χ4v) is 2.25. The van der Waals surface area contributed by atoms with Gasteiger partial charge in [0.2, 0.25) is 0 Å². The minimum atomic E-state index is -0.505. The smallest absolute Gasteiger partial charge is 0.312 e. The van der Waals surface area contributed by atoms with E-state index >= 15 is 0 Å². The van der Waals surface area contributed by atoms with Crippen molar-refractivity contribution in [3.63, 3.8) is 0 Å². The summed E-state index contributed by atoms with van der Waals surface area (Å²) in [6, 6.07) is 1.65. The maximum Gasteiger partial charge on any atom is 0.312 e. The van der Waals surface area contributed by atoms with E-state index in [1.807, 2.05) is 6.92 Å². The number of halogens is 1. The fraction of sp³-hybridized carbons (Fsp3) is 0.500. The van der Waals surface area contributed by atoms with E-state index in [2.05, 4.69) is 9.97 Å². The van der Waals surface area contributed by atoms with E-state index in [-0.39, 0.29) is 6.54 Å². The van der Waals surface area contributed by atoms with E-state index in [0.717, 1.165) is 5.69 Å². The first-order valence-corrected chi connectivity index (χ1v) is 6.47. The van der Waals surface area contributed by atoms with Crippen LogP contribution in [0.5, 0.6) is 0 Å². The second-order valence-corrected chi connectivity index (χ2v) is 4.75. The van der Waals surface area contributed by atoms with Crippen molar-refractivity contribution in [3.8, 4) is 0 Å². The topological polar surface area (TPSA) is 66.4 Å². The quantitative estimate of drug-likeness (QED) is 0.602. The number of hydrogen-bond acceptors (Lipinski definition) is 4. The monoisotopic (exact) mass is 282 g/mol. The molecule has 0 radical (unpaired) electrons. The Morgan fingerprint density at radius 3 is 2.47 bits per heavy atom. The normalized spacial score (nSPS) is 16.2. The van der Waals surface area contributed by atoms with E-state index in [1.165, 1.54) is 9.80 Å². The van der Waals surface area contributed by atoms with Gasteiger partial charge in [0.1, 0.15) is 11.0 Å². The molecular weight excluding hydrogens is 268 g/mol. The molecule has 1 fully saturated rings. The van der Waals surface area contributed by atoms with Crippen molar-refractivity contribution in [1.29, 1.82) is 0 Å². The molecule has 0 bridgehead atoms. The number of amides is 2. The molecule has 2 heterocycles. The molecule has 1 aromatic rings. The van der Waals surface area contributed by atoms with Gasteiger partial charge in [-0.2, -0.15) is 0 Å². The third-order valence-corrected chi connectivity index (χ3v) is 3.17. The molecule has 0 unspecified atom stereocenters. The van der Waals surface area contributed by atoms with Gasteiger partial charge >= 0.3 is 11.8 Å². The predicted molar refractivity (Wildman–Crippen MR) is 69.5 cm³/mol. The molecule has 6 nitrogen and oxygen atoms in total. The maximum atomic E-state index is 11.9. The summed E-state index contributed by atoms with van der Waals surface area (Å²) in [6.07, 6.45) is 0. The third kappa shape index (κ3) is 3.01. The molecule has 0 atom stereocenters. The number of likely N-dealkylation sites (N-methyl/N-ethyl adjacent to an activating group) is 1. The zero-order valence-electron chi connectivity index (χ0n) is 10.9. The number of aryl methyl sites for hydroxylation is 1. The summed E-state index contributed by atoms with van der Waals surface area (Å²) < 4.78 is 0. The molecular formula is C12H15ClN4O2. The molecule has 1 aromatic heterocycles. The zero-order chi connectivity index (χ0) is 14.0. The van der Waals surface area contributed by atoms with Gasteiger partial charge in [-0.1, -0.05) is 11.6 Å². The molecule has 7 heteroatoms. The van der Waals surface area contributed by atoms with Gasteiger partial charge in [-0.3, -0.25) is 9.59 Å². The summed E-state index contributed by atoms with van der Waals surface area (Å²) >= 11 is 5.85. The Morgan fingerprint density at radius 1 is 1.21 bits per heavy atom. The Labute approximate surface area is 116 Å². The predicted octanol–water partition coefficient (Wildman–Crippen LogP) is 0.629. The molecule has 0 aliphatic carbocycles. The van der Waals surface area contributed by atoms with E-state index in [4.69, 9.17) is 11.6 Å². The third-order valence-electron chi connectivity index (χ3n) is 2.98. The SMILES string of the molecule is CCN1CCN(Cc2nc(C)cc(Cl)n2)C(=O)C1=O. The second-order valence-electron chi connectivity index (χ2n) is 4.36. The van der Waals surface area contributed by atoms with Crippen LogP contribution in [0.4, 0.5) is 0 Å². The Kier molecular flexibility index (Phi) is 3.99. The lowest BCUT2D eigenvalue weighted by atomic mass is 10.3. The van der Waals surface area contributed by atoms with Crippen LogP contribution in [0.3, 0.4) is 0 Å². The first-order chi connectivity index (χ1) is 9.01. The minimum absolute atomic E-state index is 0.212. The summed E-state index contributed by atoms with van der Waals surface area (Å²) in [4.78, 5) is 34.9. The summed E-state index contributed by atoms with van der Waals surface area (Å²) in [5.74, 6) is -0.516. The number of rotatable bonds is 3. The van der Waals surface area contributed by atoms with Gasteiger partial charge in [0.15, 0.2) is 0 Å². The Morgan fingerprint density at radius 2 is 1.84 bits per heavy atom. The van der Waals surface area contributed by atoms with Crippen LogP contribution in [0.1, 0.15) is 18.4 Å². The highest BCUT2D eigenvalue weighted by molar-refractivity contribution is 6.35. The number of nitrogens with zero attached hydrogens (tertiary/aromatic N) is 4. The largest absolute Gasteiger partial charge is 0.333 e. The van der Waals surface area contributed by atoms with Crippen LogP contribution in [-0.4, -0.2) is 51.2 Å². The molecule has 1 aliphatic heterocycles. The number of piperazine rings is 1. The molecule has 0 saturated carbocycles. The first kappa shape index (κ1) is 13.7. The average molecular weight is 283 g/mol. The Hall–Kier alpha value is -1.69. The molecule has 1 saturated heterocycles. The second kappa shape index (κ2) is 5.52. The van der Waals surface area contributed by atoms with Crippen LogP contribution in [0, 0.1) is 6.92 Å². The van der Waals surface area contributed by atoms with Crippen molar-refractivity contribution >= 4 is 23.4 Å². The van der Waals surface area contributed by atoms with Gasteiger partial charge in [-0.25, -0.2) is 9.97 Å². The standard InChI is InChI=1S/C12H15ClN4O2/c1-3-16-4-5-17(12(19)11(16)18)7-10-14-8(2)6-9(13)15-10/h6H,3-5,7H2,1-2H3. The van der Waals surface area contributed by atoms with Crippen LogP contribution in [-0.2, 0) is 16.1 Å². The molecule has 2 amide bonds. The van der Waals surface area contributed by atoms with E-state index in [0.29, 0.717) is 30.6 Å². The van der Waals surface area contributed by atoms with Crippen molar-refractivity contribution in [3.05, 3.63) is 22.7 Å². The number of hydrogen-bond donors (Lipinski definition) is 0. The number of aromatic nitrogens is 2. The van der Waals surface area contributed by atoms with E-state index < -0.39 is 11.8 Å². The Balaban J connectivity index is 2.11. The molecule has 19 heavy (non-hydrogen) atoms. The molecule has 2 rings (SSSR count). The lowest BCUT2D eigenvalue weighted by Gasteiger charge is -2.32. The van der Waals surface area contributed by atoms with Crippen LogP contribution in [0.15, 0.2) is 6.07 Å². The van der Waals surface area contributed by atoms with Gasteiger partial charge in [-0.15, -0.1) is 0 Å². The lowest BCUT2D eigenvalue weighted by Crippen LogP contribution is -2.53. The molecule has 0 spiro atoms.